The van der Waals surface area contributed by atoms with E-state index in [4.69, 9.17) is 10.2 Å². The van der Waals surface area contributed by atoms with Gasteiger partial charge in [-0.3, -0.25) is 4.90 Å². The summed E-state index contributed by atoms with van der Waals surface area (Å²) in [7, 11) is 0. The van der Waals surface area contributed by atoms with Crippen molar-refractivity contribution in [3.63, 3.8) is 0 Å². The van der Waals surface area contributed by atoms with Crippen LogP contribution >= 0.6 is 0 Å². The highest BCUT2D eigenvalue weighted by molar-refractivity contribution is 5.12. The molecule has 2 heterocycles. The molecule has 1 fully saturated rings. The fraction of sp³-hybridized carbons (Fsp3) is 0.714. The first-order valence-corrected chi connectivity index (χ1v) is 6.67. The maximum Gasteiger partial charge on any atom is 0.122 e. The van der Waals surface area contributed by atoms with Gasteiger partial charge in [0, 0.05) is 12.6 Å². The zero-order valence-corrected chi connectivity index (χ0v) is 11.1. The smallest absolute Gasteiger partial charge is 0.122 e. The third kappa shape index (κ3) is 2.72. The molecule has 1 saturated heterocycles. The van der Waals surface area contributed by atoms with Gasteiger partial charge in [-0.1, -0.05) is 13.3 Å². The van der Waals surface area contributed by atoms with Gasteiger partial charge in [0.1, 0.15) is 11.5 Å². The average Bonchev–Trinajstić information content (AvgIpc) is 2.88. The van der Waals surface area contributed by atoms with Crippen molar-refractivity contribution in [2.24, 2.45) is 11.7 Å². The Morgan fingerprint density at radius 1 is 1.53 bits per heavy atom. The van der Waals surface area contributed by atoms with Crippen molar-refractivity contribution < 1.29 is 4.42 Å². The molecule has 0 aliphatic carbocycles. The van der Waals surface area contributed by atoms with Crippen LogP contribution in [0.15, 0.2) is 16.5 Å². The lowest BCUT2D eigenvalue weighted by molar-refractivity contribution is 0.182. The third-order valence-electron chi connectivity index (χ3n) is 3.84. The number of likely N-dealkylation sites (tertiary alicyclic amines) is 1. The molecule has 0 radical (unpaired) electrons. The molecule has 0 bridgehead atoms. The van der Waals surface area contributed by atoms with Crippen LogP contribution in [0.5, 0.6) is 0 Å². The molecule has 96 valence electrons. The van der Waals surface area contributed by atoms with Crippen LogP contribution < -0.4 is 5.73 Å². The summed E-state index contributed by atoms with van der Waals surface area (Å²) in [6.45, 7) is 8.63. The van der Waals surface area contributed by atoms with Crippen molar-refractivity contribution in [2.75, 3.05) is 13.1 Å². The van der Waals surface area contributed by atoms with Crippen LogP contribution in [0.3, 0.4) is 0 Å². The minimum Gasteiger partial charge on any atom is -0.465 e. The lowest BCUT2D eigenvalue weighted by Gasteiger charge is -2.29. The van der Waals surface area contributed by atoms with E-state index in [9.17, 15) is 0 Å². The molecule has 3 atom stereocenters. The molecule has 0 amide bonds. The minimum absolute atomic E-state index is 0.108. The zero-order chi connectivity index (χ0) is 12.4. The highest BCUT2D eigenvalue weighted by atomic mass is 16.3. The zero-order valence-electron chi connectivity index (χ0n) is 11.1. The van der Waals surface area contributed by atoms with Gasteiger partial charge < -0.3 is 10.2 Å². The molecule has 3 heteroatoms. The van der Waals surface area contributed by atoms with Gasteiger partial charge in [-0.2, -0.15) is 0 Å². The van der Waals surface area contributed by atoms with Crippen molar-refractivity contribution >= 4 is 0 Å². The summed E-state index contributed by atoms with van der Waals surface area (Å²) in [6, 6.07) is 4.44. The van der Waals surface area contributed by atoms with E-state index >= 15 is 0 Å². The number of nitrogens with zero attached hydrogens (tertiary/aromatic N) is 1. The van der Waals surface area contributed by atoms with Gasteiger partial charge in [-0.15, -0.1) is 0 Å². The molecule has 2 rings (SSSR count). The average molecular weight is 236 g/mol. The molecule has 1 aromatic heterocycles. The third-order valence-corrected chi connectivity index (χ3v) is 3.84. The first-order valence-electron chi connectivity index (χ1n) is 6.67. The van der Waals surface area contributed by atoms with Crippen molar-refractivity contribution in [2.45, 2.75) is 45.7 Å². The highest BCUT2D eigenvalue weighted by Gasteiger charge is 2.32. The number of furan rings is 1. The molecule has 2 N–H and O–H groups in total. The quantitative estimate of drug-likeness (QED) is 0.874. The lowest BCUT2D eigenvalue weighted by atomic mass is 10.1. The normalized spacial score (nSPS) is 25.1. The van der Waals surface area contributed by atoms with Gasteiger partial charge in [0.15, 0.2) is 0 Å². The summed E-state index contributed by atoms with van der Waals surface area (Å²) in [5.74, 6) is 2.82. The Hall–Kier alpha value is -0.800. The Morgan fingerprint density at radius 2 is 2.29 bits per heavy atom. The van der Waals surface area contributed by atoms with E-state index < -0.39 is 0 Å². The molecular weight excluding hydrogens is 212 g/mol. The lowest BCUT2D eigenvalue weighted by Crippen LogP contribution is -2.38. The van der Waals surface area contributed by atoms with Crippen LogP contribution in [0, 0.1) is 12.8 Å². The highest BCUT2D eigenvalue weighted by Crippen LogP contribution is 2.31. The van der Waals surface area contributed by atoms with Crippen LogP contribution in [0.1, 0.15) is 44.3 Å². The van der Waals surface area contributed by atoms with Crippen molar-refractivity contribution in [1.29, 1.82) is 0 Å². The SMILES string of the molecule is CCC1CCN(C(c2ccc(C)o2)C(C)N)C1. The summed E-state index contributed by atoms with van der Waals surface area (Å²) in [4.78, 5) is 2.48. The Kier molecular flexibility index (Phi) is 3.89. The van der Waals surface area contributed by atoms with Gasteiger partial charge in [0.25, 0.3) is 0 Å². The van der Waals surface area contributed by atoms with E-state index in [2.05, 4.69) is 24.8 Å². The summed E-state index contributed by atoms with van der Waals surface area (Å²) in [5, 5.41) is 0. The molecule has 0 aromatic carbocycles. The maximum atomic E-state index is 6.14. The first kappa shape index (κ1) is 12.7. The summed E-state index contributed by atoms with van der Waals surface area (Å²) >= 11 is 0. The van der Waals surface area contributed by atoms with Crippen molar-refractivity contribution in [1.82, 2.24) is 4.90 Å². The Balaban J connectivity index is 2.13. The molecule has 0 saturated carbocycles. The van der Waals surface area contributed by atoms with Crippen LogP contribution in [0.25, 0.3) is 0 Å². The van der Waals surface area contributed by atoms with Crippen LogP contribution in [0.4, 0.5) is 0 Å². The fourth-order valence-electron chi connectivity index (χ4n) is 2.83. The molecule has 1 aliphatic rings. The van der Waals surface area contributed by atoms with E-state index in [1.165, 1.54) is 12.8 Å². The topological polar surface area (TPSA) is 42.4 Å². The Morgan fingerprint density at radius 3 is 2.76 bits per heavy atom. The Labute approximate surface area is 104 Å². The number of nitrogens with two attached hydrogens (primary N) is 1. The standard InChI is InChI=1S/C14H24N2O/c1-4-12-7-8-16(9-12)14(11(3)15)13-6-5-10(2)17-13/h5-6,11-12,14H,4,7-9,15H2,1-3H3. The predicted octanol–water partition coefficient (Wildman–Crippen LogP) is 2.71. The molecule has 0 spiro atoms. The van der Waals surface area contributed by atoms with E-state index in [1.807, 2.05) is 13.0 Å². The second-order valence-corrected chi connectivity index (χ2v) is 5.31. The number of hydrogen-bond acceptors (Lipinski definition) is 3. The molecule has 1 aliphatic heterocycles. The van der Waals surface area contributed by atoms with Crippen LogP contribution in [-0.4, -0.2) is 24.0 Å². The number of aryl methyl sites for hydroxylation is 1. The summed E-state index contributed by atoms with van der Waals surface area (Å²) < 4.78 is 5.77. The number of hydrogen-bond donors (Lipinski definition) is 1. The monoisotopic (exact) mass is 236 g/mol. The molecule has 3 nitrogen and oxygen atoms in total. The minimum atomic E-state index is 0.108. The second-order valence-electron chi connectivity index (χ2n) is 5.31. The van der Waals surface area contributed by atoms with Crippen LogP contribution in [0.2, 0.25) is 0 Å². The van der Waals surface area contributed by atoms with Gasteiger partial charge in [-0.05, 0) is 44.9 Å². The van der Waals surface area contributed by atoms with Gasteiger partial charge in [0.05, 0.1) is 6.04 Å². The van der Waals surface area contributed by atoms with Crippen molar-refractivity contribution in [3.05, 3.63) is 23.7 Å². The fourth-order valence-corrected chi connectivity index (χ4v) is 2.83. The Bertz CT molecular complexity index is 359. The molecule has 1 aromatic rings. The molecular formula is C14H24N2O. The summed E-state index contributed by atoms with van der Waals surface area (Å²) in [5.41, 5.74) is 6.14. The van der Waals surface area contributed by atoms with Crippen molar-refractivity contribution in [3.8, 4) is 0 Å². The molecule has 3 unspecified atom stereocenters. The van der Waals surface area contributed by atoms with E-state index in [1.54, 1.807) is 0 Å². The van der Waals surface area contributed by atoms with Gasteiger partial charge >= 0.3 is 0 Å². The van der Waals surface area contributed by atoms with Gasteiger partial charge in [0.2, 0.25) is 0 Å². The van der Waals surface area contributed by atoms with Gasteiger partial charge in [-0.25, -0.2) is 0 Å². The van der Waals surface area contributed by atoms with Crippen LogP contribution in [-0.2, 0) is 0 Å². The molecule has 17 heavy (non-hydrogen) atoms. The number of rotatable bonds is 4. The maximum absolute atomic E-state index is 6.14. The largest absolute Gasteiger partial charge is 0.465 e. The van der Waals surface area contributed by atoms with E-state index in [0.717, 1.165) is 30.5 Å². The van der Waals surface area contributed by atoms with E-state index in [-0.39, 0.29) is 12.1 Å². The second kappa shape index (κ2) is 5.23. The first-order chi connectivity index (χ1) is 8.11. The predicted molar refractivity (Wildman–Crippen MR) is 69.8 cm³/mol. The summed E-state index contributed by atoms with van der Waals surface area (Å²) in [6.07, 6.45) is 2.55. The van der Waals surface area contributed by atoms with E-state index in [0.29, 0.717) is 0 Å².